The van der Waals surface area contributed by atoms with E-state index in [1.165, 1.54) is 16.3 Å². The summed E-state index contributed by atoms with van der Waals surface area (Å²) >= 11 is 0. The van der Waals surface area contributed by atoms with Crippen molar-refractivity contribution < 1.29 is 4.74 Å². The monoisotopic (exact) mass is 241 g/mol. The summed E-state index contributed by atoms with van der Waals surface area (Å²) in [6.45, 7) is 1.90. The van der Waals surface area contributed by atoms with Crippen molar-refractivity contribution in [1.82, 2.24) is 5.32 Å². The van der Waals surface area contributed by atoms with Crippen LogP contribution in [0.3, 0.4) is 0 Å². The average molecular weight is 241 g/mol. The molecular formula is C16H19NO. The van der Waals surface area contributed by atoms with E-state index in [0.29, 0.717) is 5.92 Å². The van der Waals surface area contributed by atoms with Gasteiger partial charge in [-0.3, -0.25) is 0 Å². The van der Waals surface area contributed by atoms with Crippen LogP contribution in [-0.4, -0.2) is 20.2 Å². The van der Waals surface area contributed by atoms with Gasteiger partial charge in [0.25, 0.3) is 0 Å². The van der Waals surface area contributed by atoms with Gasteiger partial charge in [-0.05, 0) is 29.8 Å². The Bertz CT molecular complexity index is 532. The van der Waals surface area contributed by atoms with Gasteiger partial charge in [-0.1, -0.05) is 42.5 Å². The van der Waals surface area contributed by atoms with Crippen molar-refractivity contribution in [3.05, 3.63) is 48.0 Å². The average Bonchev–Trinajstić information content (AvgIpc) is 2.87. The van der Waals surface area contributed by atoms with Crippen molar-refractivity contribution in [2.75, 3.05) is 20.2 Å². The molecule has 1 saturated heterocycles. The van der Waals surface area contributed by atoms with E-state index in [9.17, 15) is 0 Å². The molecule has 0 radical (unpaired) electrons. The lowest BCUT2D eigenvalue weighted by Gasteiger charge is -2.20. The summed E-state index contributed by atoms with van der Waals surface area (Å²) in [5, 5.41) is 5.90. The molecule has 94 valence electrons. The third-order valence-electron chi connectivity index (χ3n) is 3.81. The lowest BCUT2D eigenvalue weighted by molar-refractivity contribution is 0.0921. The van der Waals surface area contributed by atoms with Crippen molar-refractivity contribution in [2.24, 2.45) is 5.92 Å². The summed E-state index contributed by atoms with van der Waals surface area (Å²) in [4.78, 5) is 0. The zero-order chi connectivity index (χ0) is 12.4. The number of hydrogen-bond donors (Lipinski definition) is 1. The van der Waals surface area contributed by atoms with Crippen LogP contribution in [0.1, 0.15) is 18.1 Å². The molecule has 2 nitrogen and oxygen atoms in total. The van der Waals surface area contributed by atoms with Gasteiger partial charge in [0.05, 0.1) is 6.10 Å². The molecule has 0 saturated carbocycles. The Morgan fingerprint density at radius 1 is 1.17 bits per heavy atom. The first-order valence-electron chi connectivity index (χ1n) is 6.64. The zero-order valence-corrected chi connectivity index (χ0v) is 10.7. The van der Waals surface area contributed by atoms with Gasteiger partial charge in [-0.25, -0.2) is 0 Å². The Kier molecular flexibility index (Phi) is 3.31. The van der Waals surface area contributed by atoms with Gasteiger partial charge in [-0.15, -0.1) is 0 Å². The van der Waals surface area contributed by atoms with E-state index < -0.39 is 0 Å². The molecule has 1 N–H and O–H groups in total. The molecule has 0 aromatic heterocycles. The van der Waals surface area contributed by atoms with Gasteiger partial charge < -0.3 is 10.1 Å². The van der Waals surface area contributed by atoms with Gasteiger partial charge in [0.1, 0.15) is 0 Å². The van der Waals surface area contributed by atoms with Crippen molar-refractivity contribution >= 4 is 10.8 Å². The fraction of sp³-hybridized carbons (Fsp3) is 0.375. The van der Waals surface area contributed by atoms with Crippen LogP contribution < -0.4 is 5.32 Å². The summed E-state index contributed by atoms with van der Waals surface area (Å²) in [6.07, 6.45) is 1.39. The van der Waals surface area contributed by atoms with E-state index >= 15 is 0 Å². The zero-order valence-electron chi connectivity index (χ0n) is 10.7. The number of nitrogens with one attached hydrogen (secondary N) is 1. The molecule has 0 spiro atoms. The highest BCUT2D eigenvalue weighted by Crippen LogP contribution is 2.37. The van der Waals surface area contributed by atoms with Crippen LogP contribution in [0.25, 0.3) is 10.8 Å². The number of ether oxygens (including phenoxy) is 1. The lowest BCUT2D eigenvalue weighted by Crippen LogP contribution is -2.21. The Hall–Kier alpha value is -1.38. The van der Waals surface area contributed by atoms with E-state index in [-0.39, 0.29) is 6.10 Å². The van der Waals surface area contributed by atoms with Crippen molar-refractivity contribution in [2.45, 2.75) is 12.5 Å². The molecule has 0 bridgehead atoms. The topological polar surface area (TPSA) is 21.3 Å². The molecule has 2 aromatic rings. The minimum atomic E-state index is 0.239. The Balaban J connectivity index is 2.03. The minimum Gasteiger partial charge on any atom is -0.373 e. The number of hydrogen-bond acceptors (Lipinski definition) is 2. The van der Waals surface area contributed by atoms with Gasteiger partial charge >= 0.3 is 0 Å². The summed E-state index contributed by atoms with van der Waals surface area (Å²) in [5.74, 6) is 0.584. The number of fused-ring (bicyclic) bond motifs is 1. The maximum absolute atomic E-state index is 5.97. The summed E-state index contributed by atoms with van der Waals surface area (Å²) < 4.78 is 5.97. The van der Waals surface area contributed by atoms with Gasteiger partial charge in [0, 0.05) is 19.1 Å². The maximum Gasteiger partial charge on any atom is 0.0872 e. The summed E-state index contributed by atoms with van der Waals surface area (Å²) in [6, 6.07) is 15.1. The minimum absolute atomic E-state index is 0.239. The molecule has 2 unspecified atom stereocenters. The molecule has 2 heteroatoms. The second-order valence-electron chi connectivity index (χ2n) is 4.97. The summed E-state index contributed by atoms with van der Waals surface area (Å²) in [7, 11) is 2.01. The van der Waals surface area contributed by atoms with Crippen LogP contribution >= 0.6 is 0 Å². The first-order chi connectivity index (χ1) is 8.90. The third kappa shape index (κ3) is 2.02. The second kappa shape index (κ2) is 5.09. The van der Waals surface area contributed by atoms with Crippen molar-refractivity contribution in [3.8, 4) is 0 Å². The van der Waals surface area contributed by atoms with Gasteiger partial charge in [0.2, 0.25) is 0 Å². The molecule has 1 heterocycles. The Labute approximate surface area is 108 Å². The van der Waals surface area contributed by atoms with Crippen molar-refractivity contribution in [1.29, 1.82) is 0 Å². The quantitative estimate of drug-likeness (QED) is 0.891. The molecule has 3 rings (SSSR count). The van der Waals surface area contributed by atoms with Crippen LogP contribution in [0.2, 0.25) is 0 Å². The normalized spacial score (nSPS) is 23.6. The predicted octanol–water partition coefficient (Wildman–Crippen LogP) is 3.14. The van der Waals surface area contributed by atoms with Crippen LogP contribution in [0.5, 0.6) is 0 Å². The molecule has 1 fully saturated rings. The van der Waals surface area contributed by atoms with Crippen LogP contribution in [0, 0.1) is 5.92 Å². The lowest BCUT2D eigenvalue weighted by atomic mass is 9.92. The fourth-order valence-corrected chi connectivity index (χ4v) is 2.95. The number of benzene rings is 2. The smallest absolute Gasteiger partial charge is 0.0872 e. The maximum atomic E-state index is 5.97. The molecular weight excluding hydrogens is 222 g/mol. The van der Waals surface area contributed by atoms with E-state index in [1.54, 1.807) is 0 Å². The number of rotatable bonds is 3. The van der Waals surface area contributed by atoms with Crippen LogP contribution in [-0.2, 0) is 4.74 Å². The molecule has 0 amide bonds. The van der Waals surface area contributed by atoms with Gasteiger partial charge in [-0.2, -0.15) is 0 Å². The van der Waals surface area contributed by atoms with E-state index in [4.69, 9.17) is 4.74 Å². The predicted molar refractivity (Wildman–Crippen MR) is 74.7 cm³/mol. The van der Waals surface area contributed by atoms with Crippen LogP contribution in [0.4, 0.5) is 0 Å². The molecule has 2 atom stereocenters. The largest absolute Gasteiger partial charge is 0.373 e. The van der Waals surface area contributed by atoms with E-state index in [2.05, 4.69) is 47.8 Å². The second-order valence-corrected chi connectivity index (χ2v) is 4.97. The van der Waals surface area contributed by atoms with E-state index in [1.807, 2.05) is 7.05 Å². The fourth-order valence-electron chi connectivity index (χ4n) is 2.95. The Morgan fingerprint density at radius 2 is 2.00 bits per heavy atom. The van der Waals surface area contributed by atoms with Gasteiger partial charge in [0.15, 0.2) is 0 Å². The molecule has 0 aliphatic carbocycles. The Morgan fingerprint density at radius 3 is 2.89 bits per heavy atom. The molecule has 1 aliphatic rings. The molecule has 18 heavy (non-hydrogen) atoms. The van der Waals surface area contributed by atoms with Crippen LogP contribution in [0.15, 0.2) is 42.5 Å². The first-order valence-corrected chi connectivity index (χ1v) is 6.64. The SMILES string of the molecule is CNCC1CCOC1c1cccc2ccccc12. The highest BCUT2D eigenvalue weighted by Gasteiger charge is 2.29. The molecule has 2 aromatic carbocycles. The standard InChI is InChI=1S/C16H19NO/c1-17-11-13-9-10-18-16(13)15-8-4-6-12-5-2-3-7-14(12)15/h2-8,13,16-17H,9-11H2,1H3. The summed E-state index contributed by atoms with van der Waals surface area (Å²) in [5.41, 5.74) is 1.34. The highest BCUT2D eigenvalue weighted by atomic mass is 16.5. The molecule has 1 aliphatic heterocycles. The third-order valence-corrected chi connectivity index (χ3v) is 3.81. The van der Waals surface area contributed by atoms with Crippen molar-refractivity contribution in [3.63, 3.8) is 0 Å². The van der Waals surface area contributed by atoms with E-state index in [0.717, 1.165) is 19.6 Å². The first kappa shape index (κ1) is 11.7. The highest BCUT2D eigenvalue weighted by molar-refractivity contribution is 5.86.